The molecule has 164 valence electrons. The molecular weight excluding hydrogens is 442 g/mol. The standard InChI is InChI=1S/C23H23Cl2FN2O3/c1-22(2,3)10-17-23(9-16(27-17)20(29)30)18-13(12-5-4-6-14(25)19(12)26)7-11(24)8-15(18)28-21(23)31/h4-8,16-17,27H,9-10H2,1-3H3,(H,28,31)(H,29,30)/t16-,17+,23?/m1/s1. The topological polar surface area (TPSA) is 78.4 Å². The highest BCUT2D eigenvalue weighted by atomic mass is 35.5. The van der Waals surface area contributed by atoms with Crippen LogP contribution in [0.2, 0.25) is 10.0 Å². The van der Waals surface area contributed by atoms with Crippen molar-refractivity contribution in [1.82, 2.24) is 5.32 Å². The maximum absolute atomic E-state index is 15.0. The van der Waals surface area contributed by atoms with Crippen molar-refractivity contribution in [3.8, 4) is 11.1 Å². The minimum absolute atomic E-state index is 0.0447. The number of hydrogen-bond donors (Lipinski definition) is 3. The summed E-state index contributed by atoms with van der Waals surface area (Å²) in [6.45, 7) is 6.09. The maximum Gasteiger partial charge on any atom is 0.320 e. The number of anilines is 1. The van der Waals surface area contributed by atoms with E-state index < -0.39 is 29.3 Å². The van der Waals surface area contributed by atoms with Crippen LogP contribution in [0, 0.1) is 11.2 Å². The minimum Gasteiger partial charge on any atom is -0.480 e. The molecular formula is C23H23Cl2FN2O3. The molecule has 1 unspecified atom stereocenters. The van der Waals surface area contributed by atoms with E-state index in [1.165, 1.54) is 6.07 Å². The zero-order valence-corrected chi connectivity index (χ0v) is 18.9. The molecule has 0 radical (unpaired) electrons. The van der Waals surface area contributed by atoms with Crippen molar-refractivity contribution in [3.05, 3.63) is 51.8 Å². The SMILES string of the molecule is CC(C)(C)C[C@@H]1N[C@@H](C(=O)O)CC12C(=O)Nc1cc(Cl)cc(-c3cccc(Cl)c3F)c12. The molecule has 8 heteroatoms. The number of amides is 1. The monoisotopic (exact) mass is 464 g/mol. The molecule has 3 atom stereocenters. The van der Waals surface area contributed by atoms with Crippen LogP contribution in [0.5, 0.6) is 0 Å². The second kappa shape index (κ2) is 7.47. The quantitative estimate of drug-likeness (QED) is 0.580. The summed E-state index contributed by atoms with van der Waals surface area (Å²) >= 11 is 12.4. The third kappa shape index (κ3) is 3.60. The summed E-state index contributed by atoms with van der Waals surface area (Å²) < 4.78 is 15.0. The van der Waals surface area contributed by atoms with Crippen LogP contribution >= 0.6 is 23.2 Å². The number of aliphatic carboxylic acids is 1. The Kier molecular flexibility index (Phi) is 5.31. The van der Waals surface area contributed by atoms with E-state index in [1.54, 1.807) is 24.3 Å². The summed E-state index contributed by atoms with van der Waals surface area (Å²) in [6.07, 6.45) is 0.600. The van der Waals surface area contributed by atoms with Gasteiger partial charge in [0.15, 0.2) is 0 Å². The summed E-state index contributed by atoms with van der Waals surface area (Å²) in [5, 5.41) is 16.0. The van der Waals surface area contributed by atoms with E-state index in [1.807, 2.05) is 20.8 Å². The molecule has 1 fully saturated rings. The van der Waals surface area contributed by atoms with Crippen molar-refractivity contribution in [3.63, 3.8) is 0 Å². The van der Waals surface area contributed by atoms with E-state index in [2.05, 4.69) is 10.6 Å². The second-order valence-corrected chi connectivity index (χ2v) is 10.3. The van der Waals surface area contributed by atoms with Crippen molar-refractivity contribution >= 4 is 40.8 Å². The molecule has 1 saturated heterocycles. The average molecular weight is 465 g/mol. The first kappa shape index (κ1) is 22.1. The zero-order valence-electron chi connectivity index (χ0n) is 17.4. The number of carboxylic acids is 1. The predicted molar refractivity (Wildman–Crippen MR) is 119 cm³/mol. The molecule has 5 nitrogen and oxygen atoms in total. The Morgan fingerprint density at radius 2 is 1.97 bits per heavy atom. The zero-order chi connectivity index (χ0) is 22.7. The highest BCUT2D eigenvalue weighted by molar-refractivity contribution is 6.32. The number of nitrogens with one attached hydrogen (secondary N) is 2. The average Bonchev–Trinajstić information content (AvgIpc) is 3.15. The van der Waals surface area contributed by atoms with E-state index in [4.69, 9.17) is 23.2 Å². The van der Waals surface area contributed by atoms with E-state index >= 15 is 4.39 Å². The van der Waals surface area contributed by atoms with Crippen molar-refractivity contribution in [1.29, 1.82) is 0 Å². The first-order chi connectivity index (χ1) is 14.4. The highest BCUT2D eigenvalue weighted by Crippen LogP contribution is 2.54. The molecule has 2 heterocycles. The summed E-state index contributed by atoms with van der Waals surface area (Å²) in [5.41, 5.74) is 0.324. The van der Waals surface area contributed by atoms with Crippen LogP contribution < -0.4 is 10.6 Å². The van der Waals surface area contributed by atoms with Gasteiger partial charge in [-0.1, -0.05) is 56.1 Å². The van der Waals surface area contributed by atoms with Gasteiger partial charge in [-0.2, -0.15) is 0 Å². The lowest BCUT2D eigenvalue weighted by Crippen LogP contribution is -2.48. The van der Waals surface area contributed by atoms with Gasteiger partial charge in [-0.25, -0.2) is 4.39 Å². The summed E-state index contributed by atoms with van der Waals surface area (Å²) in [5.74, 6) is -1.95. The fraction of sp³-hybridized carbons (Fsp3) is 0.391. The molecule has 2 aliphatic heterocycles. The second-order valence-electron chi connectivity index (χ2n) is 9.48. The Morgan fingerprint density at radius 3 is 2.61 bits per heavy atom. The number of carbonyl (C=O) groups excluding carboxylic acids is 1. The van der Waals surface area contributed by atoms with Crippen LogP contribution in [-0.2, 0) is 15.0 Å². The van der Waals surface area contributed by atoms with Gasteiger partial charge in [0.2, 0.25) is 5.91 Å². The Morgan fingerprint density at radius 1 is 1.26 bits per heavy atom. The Balaban J connectivity index is 2.00. The molecule has 0 aliphatic carbocycles. The number of carboxylic acid groups (broad SMARTS) is 1. The van der Waals surface area contributed by atoms with Gasteiger partial charge in [0, 0.05) is 27.9 Å². The number of hydrogen-bond acceptors (Lipinski definition) is 3. The Hall–Kier alpha value is -2.15. The van der Waals surface area contributed by atoms with Gasteiger partial charge in [-0.3, -0.25) is 9.59 Å². The van der Waals surface area contributed by atoms with E-state index in [9.17, 15) is 14.7 Å². The first-order valence-electron chi connectivity index (χ1n) is 10.0. The van der Waals surface area contributed by atoms with Crippen LogP contribution in [0.1, 0.15) is 39.2 Å². The lowest BCUT2D eigenvalue weighted by atomic mass is 9.68. The third-order valence-electron chi connectivity index (χ3n) is 6.08. The largest absolute Gasteiger partial charge is 0.480 e. The van der Waals surface area contributed by atoms with Gasteiger partial charge in [0.25, 0.3) is 0 Å². The molecule has 2 aromatic rings. The van der Waals surface area contributed by atoms with Crippen LogP contribution in [-0.4, -0.2) is 29.1 Å². The number of benzene rings is 2. The van der Waals surface area contributed by atoms with Crippen molar-refractivity contribution in [2.24, 2.45) is 5.41 Å². The lowest BCUT2D eigenvalue weighted by Gasteiger charge is -2.34. The van der Waals surface area contributed by atoms with Gasteiger partial charge >= 0.3 is 5.97 Å². The molecule has 4 rings (SSSR count). The molecule has 31 heavy (non-hydrogen) atoms. The van der Waals surface area contributed by atoms with E-state index in [-0.39, 0.29) is 28.3 Å². The number of halogens is 3. The Bertz CT molecular complexity index is 1100. The molecule has 0 bridgehead atoms. The predicted octanol–water partition coefficient (Wildman–Crippen LogP) is 5.24. The van der Waals surface area contributed by atoms with Crippen molar-refractivity contribution < 1.29 is 19.1 Å². The molecule has 3 N–H and O–H groups in total. The Labute approximate surface area is 189 Å². The van der Waals surface area contributed by atoms with Gasteiger partial charge in [-0.05, 0) is 42.0 Å². The minimum atomic E-state index is -1.18. The van der Waals surface area contributed by atoms with Crippen molar-refractivity contribution in [2.75, 3.05) is 5.32 Å². The molecule has 1 spiro atoms. The molecule has 1 amide bonds. The number of rotatable bonds is 3. The number of fused-ring (bicyclic) bond motifs is 2. The lowest BCUT2D eigenvalue weighted by molar-refractivity contribution is -0.139. The fourth-order valence-corrected chi connectivity index (χ4v) is 5.29. The molecule has 0 saturated carbocycles. The summed E-state index contributed by atoms with van der Waals surface area (Å²) in [6, 6.07) is 6.53. The van der Waals surface area contributed by atoms with Gasteiger partial charge in [0.1, 0.15) is 11.9 Å². The maximum atomic E-state index is 15.0. The fourth-order valence-electron chi connectivity index (χ4n) is 4.90. The summed E-state index contributed by atoms with van der Waals surface area (Å²) in [7, 11) is 0. The van der Waals surface area contributed by atoms with Gasteiger partial charge < -0.3 is 15.7 Å². The van der Waals surface area contributed by atoms with E-state index in [0.29, 0.717) is 28.3 Å². The number of carbonyl (C=O) groups is 2. The van der Waals surface area contributed by atoms with Crippen LogP contribution in [0.15, 0.2) is 30.3 Å². The molecule has 0 aromatic heterocycles. The van der Waals surface area contributed by atoms with Crippen LogP contribution in [0.25, 0.3) is 11.1 Å². The van der Waals surface area contributed by atoms with Crippen LogP contribution in [0.4, 0.5) is 10.1 Å². The smallest absolute Gasteiger partial charge is 0.320 e. The molecule has 2 aromatic carbocycles. The van der Waals surface area contributed by atoms with Gasteiger partial charge in [0.05, 0.1) is 10.4 Å². The summed E-state index contributed by atoms with van der Waals surface area (Å²) in [4.78, 5) is 25.3. The third-order valence-corrected chi connectivity index (χ3v) is 6.59. The molecule has 2 aliphatic rings. The van der Waals surface area contributed by atoms with E-state index in [0.717, 1.165) is 0 Å². The van der Waals surface area contributed by atoms with Crippen LogP contribution in [0.3, 0.4) is 0 Å². The highest BCUT2D eigenvalue weighted by Gasteiger charge is 2.60. The van der Waals surface area contributed by atoms with Crippen molar-refractivity contribution in [2.45, 2.75) is 51.1 Å². The van der Waals surface area contributed by atoms with Gasteiger partial charge in [-0.15, -0.1) is 0 Å². The first-order valence-corrected chi connectivity index (χ1v) is 10.8. The normalized spacial score (nSPS) is 25.0.